The summed E-state index contributed by atoms with van der Waals surface area (Å²) >= 11 is 0. The van der Waals surface area contributed by atoms with Gasteiger partial charge in [-0.15, -0.1) is 0 Å². The zero-order chi connectivity index (χ0) is 13.5. The molecule has 0 radical (unpaired) electrons. The molecule has 0 unspecified atom stereocenters. The van der Waals surface area contributed by atoms with Crippen molar-refractivity contribution >= 4 is 11.7 Å². The van der Waals surface area contributed by atoms with Gasteiger partial charge in [0.05, 0.1) is 18.1 Å². The minimum atomic E-state index is -0.912. The van der Waals surface area contributed by atoms with Crippen LogP contribution in [-0.2, 0) is 4.74 Å². The second kappa shape index (κ2) is 3.86. The Morgan fingerprint density at radius 3 is 2.39 bits per heavy atom. The molecule has 0 N–H and O–H groups in total. The summed E-state index contributed by atoms with van der Waals surface area (Å²) in [4.78, 5) is 21.7. The van der Waals surface area contributed by atoms with E-state index in [1.165, 1.54) is 6.07 Å². The van der Waals surface area contributed by atoms with E-state index in [0.717, 1.165) is 13.2 Å². The standard InChI is InChI=1S/C11H11NO6/c1-11(2)17-8-4-6(10(13)16-3)7(12(14)15)5-9(8)18-11/h4-5H,1-3H3. The van der Waals surface area contributed by atoms with Crippen LogP contribution >= 0.6 is 0 Å². The molecule has 0 atom stereocenters. The molecule has 1 aromatic carbocycles. The minimum Gasteiger partial charge on any atom is -0.465 e. The van der Waals surface area contributed by atoms with E-state index in [-0.39, 0.29) is 22.7 Å². The molecule has 0 spiro atoms. The third-order valence-electron chi connectivity index (χ3n) is 2.38. The van der Waals surface area contributed by atoms with Crippen molar-refractivity contribution in [3.05, 3.63) is 27.8 Å². The third-order valence-corrected chi connectivity index (χ3v) is 2.38. The summed E-state index contributed by atoms with van der Waals surface area (Å²) in [6.45, 7) is 3.33. The van der Waals surface area contributed by atoms with Gasteiger partial charge < -0.3 is 14.2 Å². The molecule has 0 saturated heterocycles. The summed E-state index contributed by atoms with van der Waals surface area (Å²) in [5.74, 6) is -1.19. The molecule has 7 nitrogen and oxygen atoms in total. The van der Waals surface area contributed by atoms with Gasteiger partial charge in [-0.05, 0) is 0 Å². The van der Waals surface area contributed by atoms with Crippen LogP contribution in [0.1, 0.15) is 24.2 Å². The molecule has 1 aliphatic heterocycles. The molecule has 2 rings (SSSR count). The predicted molar refractivity (Wildman–Crippen MR) is 59.8 cm³/mol. The van der Waals surface area contributed by atoms with Crippen molar-refractivity contribution in [1.29, 1.82) is 0 Å². The van der Waals surface area contributed by atoms with Crippen LogP contribution in [0.2, 0.25) is 0 Å². The van der Waals surface area contributed by atoms with Crippen LogP contribution in [0.3, 0.4) is 0 Å². The number of hydrogen-bond acceptors (Lipinski definition) is 6. The molecule has 0 aliphatic carbocycles. The second-order valence-corrected chi connectivity index (χ2v) is 4.17. The first-order valence-corrected chi connectivity index (χ1v) is 5.13. The number of nitro groups is 1. The SMILES string of the molecule is COC(=O)c1cc2c(cc1[N+](=O)[O-])OC(C)(C)O2. The Kier molecular flexibility index (Phi) is 2.61. The molecule has 18 heavy (non-hydrogen) atoms. The zero-order valence-electron chi connectivity index (χ0n) is 10.1. The van der Waals surface area contributed by atoms with Crippen molar-refractivity contribution in [2.24, 2.45) is 0 Å². The number of ether oxygens (including phenoxy) is 3. The lowest BCUT2D eigenvalue weighted by Crippen LogP contribution is -2.29. The number of esters is 1. The van der Waals surface area contributed by atoms with Crippen molar-refractivity contribution in [3.8, 4) is 11.5 Å². The highest BCUT2D eigenvalue weighted by Gasteiger charge is 2.36. The van der Waals surface area contributed by atoms with Crippen LogP contribution in [0.15, 0.2) is 12.1 Å². The maximum absolute atomic E-state index is 11.5. The number of carbonyl (C=O) groups is 1. The summed E-state index contributed by atoms with van der Waals surface area (Å²) < 4.78 is 15.3. The largest absolute Gasteiger partial charge is 0.465 e. The van der Waals surface area contributed by atoms with E-state index in [2.05, 4.69) is 4.74 Å². The fraction of sp³-hybridized carbons (Fsp3) is 0.364. The van der Waals surface area contributed by atoms with Crippen molar-refractivity contribution < 1.29 is 23.9 Å². The summed E-state index contributed by atoms with van der Waals surface area (Å²) in [6, 6.07) is 2.42. The van der Waals surface area contributed by atoms with Crippen molar-refractivity contribution in [2.45, 2.75) is 19.6 Å². The molecule has 0 aromatic heterocycles. The first-order chi connectivity index (χ1) is 8.34. The van der Waals surface area contributed by atoms with Crippen LogP contribution in [0.4, 0.5) is 5.69 Å². The van der Waals surface area contributed by atoms with E-state index in [1.54, 1.807) is 13.8 Å². The van der Waals surface area contributed by atoms with Crippen LogP contribution in [0, 0.1) is 10.1 Å². The summed E-state index contributed by atoms with van der Waals surface area (Å²) in [5, 5.41) is 10.9. The van der Waals surface area contributed by atoms with Gasteiger partial charge in [0.25, 0.3) is 5.69 Å². The molecule has 0 fully saturated rings. The number of carbonyl (C=O) groups excluding carboxylic acids is 1. The van der Waals surface area contributed by atoms with Gasteiger partial charge in [-0.1, -0.05) is 0 Å². The lowest BCUT2D eigenvalue weighted by Gasteiger charge is -2.16. The molecule has 0 bridgehead atoms. The van der Waals surface area contributed by atoms with Crippen LogP contribution in [0.5, 0.6) is 11.5 Å². The monoisotopic (exact) mass is 253 g/mol. The Balaban J connectivity index is 2.56. The van der Waals surface area contributed by atoms with E-state index >= 15 is 0 Å². The average molecular weight is 253 g/mol. The van der Waals surface area contributed by atoms with E-state index < -0.39 is 16.7 Å². The molecule has 7 heteroatoms. The van der Waals surface area contributed by atoms with Crippen molar-refractivity contribution in [1.82, 2.24) is 0 Å². The molecule has 0 amide bonds. The Hall–Kier alpha value is -2.31. The molecule has 1 aromatic rings. The quantitative estimate of drug-likeness (QED) is 0.454. The lowest BCUT2D eigenvalue weighted by atomic mass is 10.1. The summed E-state index contributed by atoms with van der Waals surface area (Å²) in [6.07, 6.45) is 0. The van der Waals surface area contributed by atoms with Gasteiger partial charge >= 0.3 is 5.97 Å². The Morgan fingerprint density at radius 1 is 1.33 bits per heavy atom. The normalized spacial score (nSPS) is 15.3. The van der Waals surface area contributed by atoms with E-state index in [4.69, 9.17) is 9.47 Å². The average Bonchev–Trinajstić information content (AvgIpc) is 2.58. The number of methoxy groups -OCH3 is 1. The van der Waals surface area contributed by atoms with Gasteiger partial charge in [0.2, 0.25) is 5.79 Å². The first-order valence-electron chi connectivity index (χ1n) is 5.13. The van der Waals surface area contributed by atoms with Crippen molar-refractivity contribution in [2.75, 3.05) is 7.11 Å². The number of rotatable bonds is 2. The highest BCUT2D eigenvalue weighted by molar-refractivity contribution is 5.95. The molecule has 96 valence electrons. The lowest BCUT2D eigenvalue weighted by molar-refractivity contribution is -0.385. The maximum atomic E-state index is 11.5. The van der Waals surface area contributed by atoms with Crippen LogP contribution < -0.4 is 9.47 Å². The topological polar surface area (TPSA) is 87.9 Å². The van der Waals surface area contributed by atoms with Gasteiger partial charge in [0.15, 0.2) is 11.5 Å². The second-order valence-electron chi connectivity index (χ2n) is 4.17. The number of nitro benzene ring substituents is 1. The number of fused-ring (bicyclic) bond motifs is 1. The van der Waals surface area contributed by atoms with E-state index in [0.29, 0.717) is 0 Å². The highest BCUT2D eigenvalue weighted by Crippen LogP contribution is 2.43. The van der Waals surface area contributed by atoms with Crippen molar-refractivity contribution in [3.63, 3.8) is 0 Å². The minimum absolute atomic E-state index is 0.164. The first kappa shape index (κ1) is 12.2. The fourth-order valence-corrected chi connectivity index (χ4v) is 1.68. The molecular weight excluding hydrogens is 242 g/mol. The van der Waals surface area contributed by atoms with Gasteiger partial charge in [-0.25, -0.2) is 4.79 Å². The van der Waals surface area contributed by atoms with E-state index in [9.17, 15) is 14.9 Å². The fourth-order valence-electron chi connectivity index (χ4n) is 1.68. The van der Waals surface area contributed by atoms with Gasteiger partial charge in [0, 0.05) is 19.9 Å². The Bertz CT molecular complexity index is 537. The van der Waals surface area contributed by atoms with Crippen LogP contribution in [0.25, 0.3) is 0 Å². The third kappa shape index (κ3) is 1.94. The zero-order valence-corrected chi connectivity index (χ0v) is 10.1. The Morgan fingerprint density at radius 2 is 1.89 bits per heavy atom. The molecule has 1 aliphatic rings. The van der Waals surface area contributed by atoms with E-state index in [1.807, 2.05) is 0 Å². The number of benzene rings is 1. The van der Waals surface area contributed by atoms with Gasteiger partial charge in [0.1, 0.15) is 5.56 Å². The maximum Gasteiger partial charge on any atom is 0.345 e. The molecular formula is C11H11NO6. The van der Waals surface area contributed by atoms with Gasteiger partial charge in [-0.2, -0.15) is 0 Å². The number of nitrogens with zero attached hydrogens (tertiary/aromatic N) is 1. The Labute approximate surface area is 102 Å². The molecule has 1 heterocycles. The summed E-state index contributed by atoms with van der Waals surface area (Å²) in [5.41, 5.74) is -0.538. The highest BCUT2D eigenvalue weighted by atomic mass is 16.7. The predicted octanol–water partition coefficient (Wildman–Crippen LogP) is 1.89. The van der Waals surface area contributed by atoms with Crippen LogP contribution in [-0.4, -0.2) is 23.8 Å². The number of hydrogen-bond donors (Lipinski definition) is 0. The molecule has 0 saturated carbocycles. The smallest absolute Gasteiger partial charge is 0.345 e. The van der Waals surface area contributed by atoms with Gasteiger partial charge in [-0.3, -0.25) is 10.1 Å². The summed E-state index contributed by atoms with van der Waals surface area (Å²) in [7, 11) is 1.15.